The Hall–Kier alpha value is -1.08. The van der Waals surface area contributed by atoms with Crippen molar-refractivity contribution in [2.45, 2.75) is 0 Å². The molecule has 0 aliphatic heterocycles. The van der Waals surface area contributed by atoms with Crippen molar-refractivity contribution in [1.82, 2.24) is 0 Å². The first-order valence-corrected chi connectivity index (χ1v) is 7.38. The Labute approximate surface area is 133 Å². The standard InChI is InChI=1S/C14H11BrINO2/c1-19-11-7-9(15)6-10(8-11)17-14(18)12-4-2-3-5-13(12)16/h2-8H,1H3,(H,17,18). The predicted molar refractivity (Wildman–Crippen MR) is 87.8 cm³/mol. The highest BCUT2D eigenvalue weighted by atomic mass is 127. The van der Waals surface area contributed by atoms with E-state index in [0.29, 0.717) is 17.0 Å². The van der Waals surface area contributed by atoms with E-state index in [2.05, 4.69) is 43.8 Å². The Morgan fingerprint density at radius 2 is 2.00 bits per heavy atom. The van der Waals surface area contributed by atoms with Gasteiger partial charge in [0.25, 0.3) is 5.91 Å². The molecule has 1 N–H and O–H groups in total. The van der Waals surface area contributed by atoms with Gasteiger partial charge in [0.15, 0.2) is 0 Å². The molecule has 2 aromatic rings. The van der Waals surface area contributed by atoms with Gasteiger partial charge in [0, 0.05) is 19.8 Å². The summed E-state index contributed by atoms with van der Waals surface area (Å²) < 4.78 is 6.93. The van der Waals surface area contributed by atoms with Gasteiger partial charge in [-0.25, -0.2) is 0 Å². The maximum Gasteiger partial charge on any atom is 0.256 e. The molecular weight excluding hydrogens is 421 g/mol. The number of anilines is 1. The Morgan fingerprint density at radius 1 is 1.26 bits per heavy atom. The quantitative estimate of drug-likeness (QED) is 0.735. The van der Waals surface area contributed by atoms with Crippen LogP contribution in [0.2, 0.25) is 0 Å². The van der Waals surface area contributed by atoms with E-state index in [-0.39, 0.29) is 5.91 Å². The summed E-state index contributed by atoms with van der Waals surface area (Å²) in [6, 6.07) is 12.9. The number of carbonyl (C=O) groups is 1. The molecule has 0 spiro atoms. The lowest BCUT2D eigenvalue weighted by Crippen LogP contribution is -2.13. The number of benzene rings is 2. The van der Waals surface area contributed by atoms with Crippen LogP contribution in [0.4, 0.5) is 5.69 Å². The summed E-state index contributed by atoms with van der Waals surface area (Å²) in [5.41, 5.74) is 1.35. The molecule has 0 saturated heterocycles. The third-order valence-electron chi connectivity index (χ3n) is 2.48. The van der Waals surface area contributed by atoms with Crippen molar-refractivity contribution in [2.24, 2.45) is 0 Å². The Bertz CT molecular complexity index is 616. The van der Waals surface area contributed by atoms with Crippen LogP contribution in [0.15, 0.2) is 46.9 Å². The number of methoxy groups -OCH3 is 1. The number of rotatable bonds is 3. The minimum atomic E-state index is -0.134. The van der Waals surface area contributed by atoms with Crippen LogP contribution in [-0.2, 0) is 0 Å². The van der Waals surface area contributed by atoms with Gasteiger partial charge < -0.3 is 10.1 Å². The molecule has 0 bridgehead atoms. The molecule has 0 aromatic heterocycles. The molecule has 0 fully saturated rings. The van der Waals surface area contributed by atoms with Crippen LogP contribution in [0.25, 0.3) is 0 Å². The van der Waals surface area contributed by atoms with Gasteiger partial charge in [0.1, 0.15) is 5.75 Å². The van der Waals surface area contributed by atoms with E-state index in [1.54, 1.807) is 19.2 Å². The monoisotopic (exact) mass is 431 g/mol. The van der Waals surface area contributed by atoms with Gasteiger partial charge in [0.05, 0.1) is 12.7 Å². The lowest BCUT2D eigenvalue weighted by molar-refractivity contribution is 0.102. The van der Waals surface area contributed by atoms with Crippen molar-refractivity contribution >= 4 is 50.1 Å². The van der Waals surface area contributed by atoms with E-state index >= 15 is 0 Å². The van der Waals surface area contributed by atoms with Crippen LogP contribution in [0.1, 0.15) is 10.4 Å². The van der Waals surface area contributed by atoms with Crippen molar-refractivity contribution in [3.05, 3.63) is 56.1 Å². The van der Waals surface area contributed by atoms with E-state index in [1.165, 1.54) is 0 Å². The third kappa shape index (κ3) is 3.70. The topological polar surface area (TPSA) is 38.3 Å². The molecule has 2 rings (SSSR count). The van der Waals surface area contributed by atoms with Crippen LogP contribution < -0.4 is 10.1 Å². The number of hydrogen-bond donors (Lipinski definition) is 1. The summed E-state index contributed by atoms with van der Waals surface area (Å²) in [6.45, 7) is 0. The first kappa shape index (κ1) is 14.3. The molecule has 0 saturated carbocycles. The maximum atomic E-state index is 12.2. The van der Waals surface area contributed by atoms with Crippen molar-refractivity contribution in [3.8, 4) is 5.75 Å². The number of amides is 1. The fourth-order valence-electron chi connectivity index (χ4n) is 1.60. The molecule has 3 nitrogen and oxygen atoms in total. The lowest BCUT2D eigenvalue weighted by atomic mass is 10.2. The minimum absolute atomic E-state index is 0.134. The van der Waals surface area contributed by atoms with Gasteiger partial charge in [-0.2, -0.15) is 0 Å². The summed E-state index contributed by atoms with van der Waals surface area (Å²) in [4.78, 5) is 12.2. The van der Waals surface area contributed by atoms with Crippen LogP contribution in [0.5, 0.6) is 5.75 Å². The van der Waals surface area contributed by atoms with E-state index in [9.17, 15) is 4.79 Å². The molecular formula is C14H11BrINO2. The SMILES string of the molecule is COc1cc(Br)cc(NC(=O)c2ccccc2I)c1. The van der Waals surface area contributed by atoms with Crippen molar-refractivity contribution in [3.63, 3.8) is 0 Å². The van der Waals surface area contributed by atoms with E-state index in [4.69, 9.17) is 4.74 Å². The predicted octanol–water partition coefficient (Wildman–Crippen LogP) is 4.31. The lowest BCUT2D eigenvalue weighted by Gasteiger charge is -2.09. The molecule has 0 heterocycles. The zero-order valence-corrected chi connectivity index (χ0v) is 13.9. The van der Waals surface area contributed by atoms with Crippen LogP contribution >= 0.6 is 38.5 Å². The number of ether oxygens (including phenoxy) is 1. The summed E-state index contributed by atoms with van der Waals surface area (Å²) in [5.74, 6) is 0.553. The molecule has 0 aliphatic carbocycles. The number of halogens is 2. The molecule has 19 heavy (non-hydrogen) atoms. The Balaban J connectivity index is 2.24. The van der Waals surface area contributed by atoms with Gasteiger partial charge in [-0.3, -0.25) is 4.79 Å². The number of hydrogen-bond acceptors (Lipinski definition) is 2. The molecule has 0 radical (unpaired) electrons. The van der Waals surface area contributed by atoms with Crippen molar-refractivity contribution in [2.75, 3.05) is 12.4 Å². The molecule has 0 aliphatic rings. The van der Waals surface area contributed by atoms with Crippen LogP contribution in [0, 0.1) is 3.57 Å². The highest BCUT2D eigenvalue weighted by molar-refractivity contribution is 14.1. The molecule has 2 aromatic carbocycles. The fourth-order valence-corrected chi connectivity index (χ4v) is 2.70. The van der Waals surface area contributed by atoms with Gasteiger partial charge in [-0.15, -0.1) is 0 Å². The van der Waals surface area contributed by atoms with Crippen LogP contribution in [-0.4, -0.2) is 13.0 Å². The first-order valence-electron chi connectivity index (χ1n) is 5.50. The van der Waals surface area contributed by atoms with Gasteiger partial charge >= 0.3 is 0 Å². The third-order valence-corrected chi connectivity index (χ3v) is 3.88. The van der Waals surface area contributed by atoms with Gasteiger partial charge in [-0.1, -0.05) is 28.1 Å². The van der Waals surface area contributed by atoms with E-state index < -0.39 is 0 Å². The average molecular weight is 432 g/mol. The second kappa shape index (κ2) is 6.38. The highest BCUT2D eigenvalue weighted by Gasteiger charge is 2.10. The number of nitrogens with one attached hydrogen (secondary N) is 1. The summed E-state index contributed by atoms with van der Waals surface area (Å²) >= 11 is 5.53. The molecule has 98 valence electrons. The Kier molecular flexibility index (Phi) is 4.81. The second-order valence-electron chi connectivity index (χ2n) is 3.81. The van der Waals surface area contributed by atoms with Gasteiger partial charge in [0.2, 0.25) is 0 Å². The molecule has 0 atom stereocenters. The highest BCUT2D eigenvalue weighted by Crippen LogP contribution is 2.25. The summed E-state index contributed by atoms with van der Waals surface area (Å²) in [5, 5.41) is 2.86. The summed E-state index contributed by atoms with van der Waals surface area (Å²) in [7, 11) is 1.59. The number of carbonyl (C=O) groups excluding carboxylic acids is 1. The normalized spacial score (nSPS) is 10.1. The largest absolute Gasteiger partial charge is 0.497 e. The fraction of sp³-hybridized carbons (Fsp3) is 0.0714. The van der Waals surface area contributed by atoms with Gasteiger partial charge in [-0.05, 0) is 46.9 Å². The maximum absolute atomic E-state index is 12.2. The minimum Gasteiger partial charge on any atom is -0.497 e. The zero-order chi connectivity index (χ0) is 13.8. The smallest absolute Gasteiger partial charge is 0.256 e. The molecule has 5 heteroatoms. The zero-order valence-electron chi connectivity index (χ0n) is 10.1. The van der Waals surface area contributed by atoms with Crippen molar-refractivity contribution < 1.29 is 9.53 Å². The first-order chi connectivity index (χ1) is 9.10. The summed E-state index contributed by atoms with van der Waals surface area (Å²) in [6.07, 6.45) is 0. The van der Waals surface area contributed by atoms with E-state index in [1.807, 2.05) is 30.3 Å². The average Bonchev–Trinajstić information content (AvgIpc) is 2.38. The molecule has 1 amide bonds. The van der Waals surface area contributed by atoms with Crippen LogP contribution in [0.3, 0.4) is 0 Å². The Morgan fingerprint density at radius 3 is 2.68 bits per heavy atom. The van der Waals surface area contributed by atoms with E-state index in [0.717, 1.165) is 8.04 Å². The second-order valence-corrected chi connectivity index (χ2v) is 5.89. The van der Waals surface area contributed by atoms with Crippen molar-refractivity contribution in [1.29, 1.82) is 0 Å². The molecule has 0 unspecified atom stereocenters.